The molecule has 0 aromatic carbocycles. The van der Waals surface area contributed by atoms with E-state index in [1.807, 2.05) is 30.0 Å². The fourth-order valence-corrected chi connectivity index (χ4v) is 1.79. The van der Waals surface area contributed by atoms with E-state index in [4.69, 9.17) is 0 Å². The van der Waals surface area contributed by atoms with Gasteiger partial charge in [-0.3, -0.25) is 9.78 Å². The van der Waals surface area contributed by atoms with E-state index >= 15 is 0 Å². The highest BCUT2D eigenvalue weighted by Crippen LogP contribution is 2.17. The Morgan fingerprint density at radius 1 is 1.17 bits per heavy atom. The first-order valence-electron chi connectivity index (χ1n) is 5.90. The lowest BCUT2D eigenvalue weighted by molar-refractivity contribution is 0.112. The van der Waals surface area contributed by atoms with Gasteiger partial charge in [0.25, 0.3) is 0 Å². The van der Waals surface area contributed by atoms with Gasteiger partial charge < -0.3 is 4.90 Å². The second kappa shape index (κ2) is 5.91. The molecule has 0 unspecified atom stereocenters. The minimum Gasteiger partial charge on any atom is -0.350 e. The predicted molar refractivity (Wildman–Crippen MR) is 70.6 cm³/mol. The highest BCUT2D eigenvalue weighted by Gasteiger charge is 2.11. The zero-order valence-electron chi connectivity index (χ0n) is 10.3. The van der Waals surface area contributed by atoms with Crippen LogP contribution in [0.3, 0.4) is 0 Å². The average Bonchev–Trinajstić information content (AvgIpc) is 2.46. The first-order chi connectivity index (χ1) is 8.85. The number of carbonyl (C=O) groups excluding carboxylic acids is 1. The van der Waals surface area contributed by atoms with Crippen molar-refractivity contribution in [2.24, 2.45) is 0 Å². The van der Waals surface area contributed by atoms with Crippen LogP contribution >= 0.6 is 0 Å². The third-order valence-electron chi connectivity index (χ3n) is 2.70. The van der Waals surface area contributed by atoms with Crippen LogP contribution in [0.25, 0.3) is 0 Å². The van der Waals surface area contributed by atoms with Crippen LogP contribution in [0.15, 0.2) is 42.7 Å². The second-order valence-electron chi connectivity index (χ2n) is 3.87. The highest BCUT2D eigenvalue weighted by atomic mass is 16.1. The number of anilines is 1. The quantitative estimate of drug-likeness (QED) is 0.754. The van der Waals surface area contributed by atoms with Crippen LogP contribution in [0.2, 0.25) is 0 Å². The number of rotatable bonds is 5. The molecule has 2 rings (SSSR count). The predicted octanol–water partition coefficient (Wildman–Crippen LogP) is 2.32. The summed E-state index contributed by atoms with van der Waals surface area (Å²) >= 11 is 0. The van der Waals surface area contributed by atoms with Crippen molar-refractivity contribution in [1.29, 1.82) is 0 Å². The van der Waals surface area contributed by atoms with E-state index in [2.05, 4.69) is 9.97 Å². The van der Waals surface area contributed by atoms with Crippen molar-refractivity contribution in [2.45, 2.75) is 13.5 Å². The molecule has 0 bridgehead atoms. The van der Waals surface area contributed by atoms with Gasteiger partial charge in [0.05, 0.1) is 17.8 Å². The molecule has 4 nitrogen and oxygen atoms in total. The number of nitrogens with zero attached hydrogens (tertiary/aromatic N) is 3. The van der Waals surface area contributed by atoms with Gasteiger partial charge in [-0.05, 0) is 31.2 Å². The summed E-state index contributed by atoms with van der Waals surface area (Å²) in [4.78, 5) is 21.6. The summed E-state index contributed by atoms with van der Waals surface area (Å²) in [5.74, 6) is 0.709. The van der Waals surface area contributed by atoms with Crippen molar-refractivity contribution in [3.8, 4) is 0 Å². The van der Waals surface area contributed by atoms with E-state index in [0.717, 1.165) is 18.5 Å². The molecule has 0 amide bonds. The Balaban J connectivity index is 2.26. The van der Waals surface area contributed by atoms with Gasteiger partial charge in [0.15, 0.2) is 6.29 Å². The Kier molecular flexibility index (Phi) is 4.02. The number of hydrogen-bond donors (Lipinski definition) is 0. The summed E-state index contributed by atoms with van der Waals surface area (Å²) in [7, 11) is 0. The number of carbonyl (C=O) groups is 1. The van der Waals surface area contributed by atoms with Crippen molar-refractivity contribution in [2.75, 3.05) is 11.4 Å². The summed E-state index contributed by atoms with van der Waals surface area (Å²) in [6.45, 7) is 3.45. The molecule has 0 atom stereocenters. The molecule has 2 heterocycles. The van der Waals surface area contributed by atoms with E-state index < -0.39 is 0 Å². The zero-order chi connectivity index (χ0) is 12.8. The first kappa shape index (κ1) is 12.2. The maximum Gasteiger partial charge on any atom is 0.153 e. The first-order valence-corrected chi connectivity index (χ1v) is 5.90. The molecular weight excluding hydrogens is 226 g/mol. The summed E-state index contributed by atoms with van der Waals surface area (Å²) in [5.41, 5.74) is 1.57. The van der Waals surface area contributed by atoms with Crippen molar-refractivity contribution in [3.05, 3.63) is 54.0 Å². The molecule has 0 radical (unpaired) electrons. The molecule has 0 aliphatic heterocycles. The van der Waals surface area contributed by atoms with Crippen LogP contribution in [0.4, 0.5) is 5.82 Å². The van der Waals surface area contributed by atoms with Gasteiger partial charge >= 0.3 is 0 Å². The monoisotopic (exact) mass is 241 g/mol. The van der Waals surface area contributed by atoms with Gasteiger partial charge in [-0.15, -0.1) is 0 Å². The van der Waals surface area contributed by atoms with Crippen LogP contribution in [0, 0.1) is 0 Å². The lowest BCUT2D eigenvalue weighted by Crippen LogP contribution is -2.24. The molecule has 0 N–H and O–H groups in total. The van der Waals surface area contributed by atoms with Gasteiger partial charge in [-0.1, -0.05) is 6.07 Å². The Hall–Kier alpha value is -2.23. The summed E-state index contributed by atoms with van der Waals surface area (Å²) < 4.78 is 0. The van der Waals surface area contributed by atoms with Crippen LogP contribution in [0.1, 0.15) is 23.0 Å². The third kappa shape index (κ3) is 2.71. The molecule has 2 aromatic rings. The SMILES string of the molecule is CCN(Cc1ccccn1)c1ncccc1C=O. The zero-order valence-corrected chi connectivity index (χ0v) is 10.3. The molecule has 0 spiro atoms. The Bertz CT molecular complexity index is 513. The summed E-state index contributed by atoms with van der Waals surface area (Å²) in [6.07, 6.45) is 4.30. The Morgan fingerprint density at radius 2 is 2.00 bits per heavy atom. The van der Waals surface area contributed by atoms with Crippen LogP contribution in [0.5, 0.6) is 0 Å². The molecule has 0 fully saturated rings. The lowest BCUT2D eigenvalue weighted by Gasteiger charge is -2.22. The van der Waals surface area contributed by atoms with E-state index in [9.17, 15) is 4.79 Å². The van der Waals surface area contributed by atoms with Gasteiger partial charge in [0, 0.05) is 18.9 Å². The van der Waals surface area contributed by atoms with E-state index in [1.165, 1.54) is 0 Å². The second-order valence-corrected chi connectivity index (χ2v) is 3.87. The van der Waals surface area contributed by atoms with Gasteiger partial charge in [0.2, 0.25) is 0 Å². The van der Waals surface area contributed by atoms with Crippen molar-refractivity contribution < 1.29 is 4.79 Å². The average molecular weight is 241 g/mol. The van der Waals surface area contributed by atoms with Crippen molar-refractivity contribution in [1.82, 2.24) is 9.97 Å². The molecule has 0 saturated carbocycles. The number of hydrogen-bond acceptors (Lipinski definition) is 4. The molecule has 0 saturated heterocycles. The fourth-order valence-electron chi connectivity index (χ4n) is 1.79. The van der Waals surface area contributed by atoms with Crippen LogP contribution in [-0.4, -0.2) is 22.8 Å². The topological polar surface area (TPSA) is 46.1 Å². The van der Waals surface area contributed by atoms with E-state index in [-0.39, 0.29) is 0 Å². The van der Waals surface area contributed by atoms with Crippen LogP contribution in [-0.2, 0) is 6.54 Å². The van der Waals surface area contributed by atoms with E-state index in [0.29, 0.717) is 17.9 Å². The standard InChI is InChI=1S/C14H15N3O/c1-2-17(10-13-7-3-4-8-15-13)14-12(11-18)6-5-9-16-14/h3-9,11H,2,10H2,1H3. The summed E-state index contributed by atoms with van der Waals surface area (Å²) in [5, 5.41) is 0. The number of pyridine rings is 2. The minimum absolute atomic E-state index is 0.607. The summed E-state index contributed by atoms with van der Waals surface area (Å²) in [6, 6.07) is 9.34. The number of aldehydes is 1. The van der Waals surface area contributed by atoms with Gasteiger partial charge in [-0.2, -0.15) is 0 Å². The molecule has 92 valence electrons. The molecule has 4 heteroatoms. The van der Waals surface area contributed by atoms with Gasteiger partial charge in [0.1, 0.15) is 5.82 Å². The normalized spacial score (nSPS) is 10.1. The van der Waals surface area contributed by atoms with Crippen LogP contribution < -0.4 is 4.90 Å². The Labute approximate surface area is 106 Å². The molecule has 0 aliphatic carbocycles. The smallest absolute Gasteiger partial charge is 0.153 e. The molecule has 18 heavy (non-hydrogen) atoms. The Morgan fingerprint density at radius 3 is 2.67 bits per heavy atom. The van der Waals surface area contributed by atoms with Gasteiger partial charge in [-0.25, -0.2) is 4.98 Å². The van der Waals surface area contributed by atoms with Crippen molar-refractivity contribution in [3.63, 3.8) is 0 Å². The van der Waals surface area contributed by atoms with E-state index in [1.54, 1.807) is 24.5 Å². The third-order valence-corrected chi connectivity index (χ3v) is 2.70. The largest absolute Gasteiger partial charge is 0.350 e. The fraction of sp³-hybridized carbons (Fsp3) is 0.214. The number of aromatic nitrogens is 2. The lowest BCUT2D eigenvalue weighted by atomic mass is 10.2. The maximum absolute atomic E-state index is 11.0. The highest BCUT2D eigenvalue weighted by molar-refractivity contribution is 5.82. The molecule has 0 aliphatic rings. The van der Waals surface area contributed by atoms with Crippen molar-refractivity contribution >= 4 is 12.1 Å². The maximum atomic E-state index is 11.0. The molecular formula is C14H15N3O. The minimum atomic E-state index is 0.607. The molecule has 2 aromatic heterocycles.